The lowest BCUT2D eigenvalue weighted by atomic mass is 10.2. The summed E-state index contributed by atoms with van der Waals surface area (Å²) in [6, 6.07) is 7.89. The number of methoxy groups -OCH3 is 1. The molecule has 0 heterocycles. The number of carbonyl (C=O) groups is 2. The Morgan fingerprint density at radius 3 is 2.20 bits per heavy atom. The fraction of sp³-hybridized carbons (Fsp3) is 0.0667. The number of hydrogen-bond donors (Lipinski definition) is 2. The van der Waals surface area contributed by atoms with Crippen molar-refractivity contribution >= 4 is 52.1 Å². The summed E-state index contributed by atoms with van der Waals surface area (Å²) in [4.78, 5) is 34.2. The molecular weight excluding hydrogens is 373 g/mol. The summed E-state index contributed by atoms with van der Waals surface area (Å²) in [6.45, 7) is 0. The molecule has 2 rings (SSSR count). The Balaban J connectivity index is 2.17. The van der Waals surface area contributed by atoms with Gasteiger partial charge in [0, 0.05) is 27.9 Å². The van der Waals surface area contributed by atoms with Crippen LogP contribution in [0.2, 0.25) is 10.0 Å². The molecule has 0 unspecified atom stereocenters. The Labute approximate surface area is 151 Å². The highest BCUT2D eigenvalue weighted by Gasteiger charge is 2.19. The predicted octanol–water partition coefficient (Wildman–Crippen LogP) is 3.49. The van der Waals surface area contributed by atoms with E-state index in [1.165, 1.54) is 37.4 Å². The molecule has 0 radical (unpaired) electrons. The van der Waals surface area contributed by atoms with Gasteiger partial charge in [-0.05, 0) is 24.3 Å². The van der Waals surface area contributed by atoms with Gasteiger partial charge >= 0.3 is 11.8 Å². The van der Waals surface area contributed by atoms with Crippen LogP contribution in [-0.2, 0) is 9.59 Å². The topological polar surface area (TPSA) is 111 Å². The van der Waals surface area contributed by atoms with Crippen molar-refractivity contribution in [1.29, 1.82) is 0 Å². The van der Waals surface area contributed by atoms with Crippen LogP contribution in [0.25, 0.3) is 0 Å². The summed E-state index contributed by atoms with van der Waals surface area (Å²) in [5, 5.41) is 16.0. The molecule has 0 saturated carbocycles. The van der Waals surface area contributed by atoms with E-state index in [0.717, 1.165) is 6.07 Å². The molecule has 0 fully saturated rings. The number of non-ortho nitro benzene ring substituents is 1. The Morgan fingerprint density at radius 2 is 1.64 bits per heavy atom. The third kappa shape index (κ3) is 4.82. The van der Waals surface area contributed by atoms with Crippen molar-refractivity contribution in [2.45, 2.75) is 0 Å². The average Bonchev–Trinajstić information content (AvgIpc) is 2.53. The van der Waals surface area contributed by atoms with Crippen LogP contribution >= 0.6 is 23.2 Å². The maximum absolute atomic E-state index is 12.0. The molecule has 2 aromatic rings. The molecule has 10 heteroatoms. The molecule has 0 spiro atoms. The third-order valence-electron chi connectivity index (χ3n) is 2.97. The number of nitro groups is 1. The van der Waals surface area contributed by atoms with Crippen molar-refractivity contribution < 1.29 is 19.2 Å². The summed E-state index contributed by atoms with van der Waals surface area (Å²) < 4.78 is 5.01. The van der Waals surface area contributed by atoms with Gasteiger partial charge in [0.05, 0.1) is 17.7 Å². The highest BCUT2D eigenvalue weighted by Crippen LogP contribution is 2.29. The summed E-state index contributed by atoms with van der Waals surface area (Å²) >= 11 is 11.6. The van der Waals surface area contributed by atoms with Crippen LogP contribution in [0.3, 0.4) is 0 Å². The van der Waals surface area contributed by atoms with Gasteiger partial charge in [0.1, 0.15) is 5.75 Å². The third-order valence-corrected chi connectivity index (χ3v) is 3.41. The van der Waals surface area contributed by atoms with Crippen molar-refractivity contribution in [3.05, 3.63) is 56.6 Å². The van der Waals surface area contributed by atoms with Gasteiger partial charge in [-0.2, -0.15) is 0 Å². The Morgan fingerprint density at radius 1 is 1.04 bits per heavy atom. The first-order valence-electron chi connectivity index (χ1n) is 6.71. The Kier molecular flexibility index (Phi) is 5.79. The van der Waals surface area contributed by atoms with Gasteiger partial charge in [-0.1, -0.05) is 23.2 Å². The Hall–Kier alpha value is -2.84. The van der Waals surface area contributed by atoms with Crippen LogP contribution in [0.1, 0.15) is 0 Å². The van der Waals surface area contributed by atoms with Gasteiger partial charge in [-0.15, -0.1) is 0 Å². The molecule has 0 saturated heterocycles. The highest BCUT2D eigenvalue weighted by molar-refractivity contribution is 6.44. The summed E-state index contributed by atoms with van der Waals surface area (Å²) in [7, 11) is 1.32. The second-order valence-electron chi connectivity index (χ2n) is 4.71. The number of ether oxygens (including phenoxy) is 1. The minimum Gasteiger partial charge on any atom is -0.495 e. The monoisotopic (exact) mass is 383 g/mol. The van der Waals surface area contributed by atoms with E-state index in [4.69, 9.17) is 27.9 Å². The van der Waals surface area contributed by atoms with E-state index in [1.807, 2.05) is 0 Å². The summed E-state index contributed by atoms with van der Waals surface area (Å²) in [6.07, 6.45) is 0. The van der Waals surface area contributed by atoms with Gasteiger partial charge in [0.25, 0.3) is 5.69 Å². The molecule has 0 aromatic heterocycles. The molecule has 2 amide bonds. The first-order chi connectivity index (χ1) is 11.8. The molecular formula is C15H11Cl2N3O5. The quantitative estimate of drug-likeness (QED) is 0.476. The molecule has 2 aromatic carbocycles. The summed E-state index contributed by atoms with van der Waals surface area (Å²) in [5.41, 5.74) is -0.0530. The Bertz CT molecular complexity index is 837. The largest absolute Gasteiger partial charge is 0.495 e. The zero-order valence-electron chi connectivity index (χ0n) is 12.7. The molecule has 0 atom stereocenters. The average molecular weight is 384 g/mol. The van der Waals surface area contributed by atoms with Crippen molar-refractivity contribution in [3.8, 4) is 5.75 Å². The smallest absolute Gasteiger partial charge is 0.314 e. The second kappa shape index (κ2) is 7.82. The van der Waals surface area contributed by atoms with Crippen molar-refractivity contribution in [2.24, 2.45) is 0 Å². The molecule has 0 bridgehead atoms. The maximum atomic E-state index is 12.0. The molecule has 25 heavy (non-hydrogen) atoms. The minimum absolute atomic E-state index is 0.0130. The lowest BCUT2D eigenvalue weighted by Gasteiger charge is -2.10. The fourth-order valence-electron chi connectivity index (χ4n) is 1.90. The van der Waals surface area contributed by atoms with Crippen LogP contribution in [0.4, 0.5) is 17.1 Å². The normalized spacial score (nSPS) is 10.0. The lowest BCUT2D eigenvalue weighted by Crippen LogP contribution is -2.29. The number of amides is 2. The van der Waals surface area contributed by atoms with E-state index in [0.29, 0.717) is 0 Å². The van der Waals surface area contributed by atoms with Crippen LogP contribution < -0.4 is 15.4 Å². The molecule has 0 aliphatic carbocycles. The van der Waals surface area contributed by atoms with Crippen LogP contribution in [0.5, 0.6) is 5.75 Å². The molecule has 130 valence electrons. The highest BCUT2D eigenvalue weighted by atomic mass is 35.5. The van der Waals surface area contributed by atoms with Crippen LogP contribution in [0.15, 0.2) is 36.4 Å². The van der Waals surface area contributed by atoms with Gasteiger partial charge in [-0.25, -0.2) is 0 Å². The number of benzene rings is 2. The van der Waals surface area contributed by atoms with Crippen molar-refractivity contribution in [2.75, 3.05) is 17.7 Å². The molecule has 0 aliphatic rings. The van der Waals surface area contributed by atoms with E-state index in [1.54, 1.807) is 0 Å². The standard InChI is InChI=1S/C15H11Cl2N3O5/c1-25-13-3-2-11(20(23)24)7-12(13)19-15(22)14(21)18-10-5-8(16)4-9(17)6-10/h2-7H,1H3,(H,18,21)(H,19,22). The second-order valence-corrected chi connectivity index (χ2v) is 5.58. The van der Waals surface area contributed by atoms with Crippen molar-refractivity contribution in [3.63, 3.8) is 0 Å². The number of nitro benzene ring substituents is 1. The van der Waals surface area contributed by atoms with E-state index in [2.05, 4.69) is 10.6 Å². The zero-order chi connectivity index (χ0) is 18.6. The number of hydrogen-bond acceptors (Lipinski definition) is 5. The van der Waals surface area contributed by atoms with Crippen LogP contribution in [0, 0.1) is 10.1 Å². The first-order valence-corrected chi connectivity index (χ1v) is 7.46. The van der Waals surface area contributed by atoms with E-state index in [9.17, 15) is 19.7 Å². The first kappa shape index (κ1) is 18.5. The van der Waals surface area contributed by atoms with Gasteiger partial charge < -0.3 is 15.4 Å². The minimum atomic E-state index is -1.05. The van der Waals surface area contributed by atoms with E-state index < -0.39 is 16.7 Å². The molecule has 8 nitrogen and oxygen atoms in total. The number of nitrogens with zero attached hydrogens (tertiary/aromatic N) is 1. The maximum Gasteiger partial charge on any atom is 0.314 e. The number of nitrogens with one attached hydrogen (secondary N) is 2. The van der Waals surface area contributed by atoms with Gasteiger partial charge in [0.15, 0.2) is 0 Å². The van der Waals surface area contributed by atoms with Gasteiger partial charge in [0.2, 0.25) is 0 Å². The van der Waals surface area contributed by atoms with Gasteiger partial charge in [-0.3, -0.25) is 19.7 Å². The predicted molar refractivity (Wildman–Crippen MR) is 93.4 cm³/mol. The van der Waals surface area contributed by atoms with Crippen LogP contribution in [-0.4, -0.2) is 23.8 Å². The van der Waals surface area contributed by atoms with Crippen molar-refractivity contribution in [1.82, 2.24) is 0 Å². The molecule has 0 aliphatic heterocycles. The van der Waals surface area contributed by atoms with E-state index >= 15 is 0 Å². The number of halogens is 2. The van der Waals surface area contributed by atoms with E-state index in [-0.39, 0.29) is 32.9 Å². The number of carbonyl (C=O) groups excluding carboxylic acids is 2. The number of anilines is 2. The molecule has 2 N–H and O–H groups in total. The number of rotatable bonds is 4. The lowest BCUT2D eigenvalue weighted by molar-refractivity contribution is -0.384. The fourth-order valence-corrected chi connectivity index (χ4v) is 2.43. The zero-order valence-corrected chi connectivity index (χ0v) is 14.2. The SMILES string of the molecule is COc1ccc([N+](=O)[O-])cc1NC(=O)C(=O)Nc1cc(Cl)cc(Cl)c1. The summed E-state index contributed by atoms with van der Waals surface area (Å²) in [5.74, 6) is -1.89.